The molecule has 160 valence electrons. The van der Waals surface area contributed by atoms with Crippen LogP contribution in [0.1, 0.15) is 129 Å². The molecule has 0 radical (unpaired) electrons. The molecule has 0 heterocycles. The van der Waals surface area contributed by atoms with E-state index >= 15 is 0 Å². The van der Waals surface area contributed by atoms with E-state index in [2.05, 4.69) is 16.8 Å². The summed E-state index contributed by atoms with van der Waals surface area (Å²) in [6.45, 7) is 2.28. The maximum atomic E-state index is 11.1. The number of unbranched alkanes of at least 4 members (excludes halogenated alkanes) is 16. The van der Waals surface area contributed by atoms with E-state index in [9.17, 15) is 4.79 Å². The topological polar surface area (TPSA) is 58.9 Å². The monoisotopic (exact) mass is 383 g/mol. The Morgan fingerprint density at radius 3 is 1.41 bits per heavy atom. The number of ether oxygens (including phenoxy) is 1. The Bertz CT molecular complexity index is 356. The molecule has 0 rings (SSSR count). The lowest BCUT2D eigenvalue weighted by Gasteiger charge is -2.05. The van der Waals surface area contributed by atoms with E-state index in [4.69, 9.17) is 5.21 Å². The quantitative estimate of drug-likeness (QED) is 0.0782. The van der Waals surface area contributed by atoms with E-state index in [1.54, 1.807) is 0 Å². The second kappa shape index (κ2) is 21.2. The van der Waals surface area contributed by atoms with Crippen LogP contribution in [-0.2, 0) is 9.53 Å². The molecule has 0 saturated heterocycles. The molecule has 0 bridgehead atoms. The van der Waals surface area contributed by atoms with E-state index in [1.165, 1.54) is 103 Å². The molecular formula is C23H45NO3. The lowest BCUT2D eigenvalue weighted by Crippen LogP contribution is -2.09. The lowest BCUT2D eigenvalue weighted by atomic mass is 10.0. The van der Waals surface area contributed by atoms with Gasteiger partial charge in [-0.25, -0.2) is 0 Å². The smallest absolute Gasteiger partial charge is 0.311 e. The Morgan fingerprint density at radius 1 is 0.704 bits per heavy atom. The standard InChI is InChI=1S/C23H45NO3/c1-3-4-5-6-7-8-9-10-11-12-13-14-15-16-17-18-19-20-22(24-26)21-23(25)27-2/h26H,3-21H2,1-2H3. The number of hydrogen-bond donors (Lipinski definition) is 1. The second-order valence-electron chi connectivity index (χ2n) is 7.83. The van der Waals surface area contributed by atoms with Gasteiger partial charge in [-0.1, -0.05) is 115 Å². The number of nitrogens with zero attached hydrogens (tertiary/aromatic N) is 1. The minimum atomic E-state index is -0.338. The van der Waals surface area contributed by atoms with Gasteiger partial charge in [0.25, 0.3) is 0 Å². The molecule has 0 aliphatic heterocycles. The molecule has 0 aliphatic carbocycles. The van der Waals surface area contributed by atoms with Crippen LogP contribution < -0.4 is 0 Å². The van der Waals surface area contributed by atoms with Crippen molar-refractivity contribution in [2.75, 3.05) is 7.11 Å². The van der Waals surface area contributed by atoms with Crippen molar-refractivity contribution < 1.29 is 14.7 Å². The van der Waals surface area contributed by atoms with Gasteiger partial charge in [0, 0.05) is 0 Å². The van der Waals surface area contributed by atoms with Gasteiger partial charge >= 0.3 is 5.97 Å². The third kappa shape index (κ3) is 19.5. The second-order valence-corrected chi connectivity index (χ2v) is 7.83. The zero-order chi connectivity index (χ0) is 20.0. The Hall–Kier alpha value is -1.06. The average Bonchev–Trinajstić information content (AvgIpc) is 2.69. The van der Waals surface area contributed by atoms with Crippen molar-refractivity contribution in [1.82, 2.24) is 0 Å². The Kier molecular flexibility index (Phi) is 20.4. The largest absolute Gasteiger partial charge is 0.469 e. The third-order valence-corrected chi connectivity index (χ3v) is 5.29. The zero-order valence-electron chi connectivity index (χ0n) is 18.1. The third-order valence-electron chi connectivity index (χ3n) is 5.29. The molecule has 0 aromatic carbocycles. The van der Waals surface area contributed by atoms with E-state index < -0.39 is 0 Å². The van der Waals surface area contributed by atoms with Crippen molar-refractivity contribution in [2.45, 2.75) is 129 Å². The molecule has 1 N–H and O–H groups in total. The Morgan fingerprint density at radius 2 is 1.07 bits per heavy atom. The van der Waals surface area contributed by atoms with Crippen LogP contribution in [0.15, 0.2) is 5.16 Å². The molecule has 0 fully saturated rings. The van der Waals surface area contributed by atoms with E-state index in [-0.39, 0.29) is 12.4 Å². The summed E-state index contributed by atoms with van der Waals surface area (Å²) in [7, 11) is 1.35. The van der Waals surface area contributed by atoms with Crippen molar-refractivity contribution in [2.24, 2.45) is 5.16 Å². The van der Waals surface area contributed by atoms with Crippen molar-refractivity contribution in [3.8, 4) is 0 Å². The number of carbonyl (C=O) groups excluding carboxylic acids is 1. The van der Waals surface area contributed by atoms with Gasteiger partial charge in [-0.3, -0.25) is 4.79 Å². The van der Waals surface area contributed by atoms with Crippen LogP contribution in [-0.4, -0.2) is 24.0 Å². The first kappa shape index (κ1) is 25.9. The summed E-state index contributed by atoms with van der Waals surface area (Å²) in [5.41, 5.74) is 0.530. The Labute approximate surface area is 168 Å². The van der Waals surface area contributed by atoms with Gasteiger partial charge in [0.05, 0.1) is 19.2 Å². The van der Waals surface area contributed by atoms with Gasteiger partial charge in [-0.05, 0) is 12.8 Å². The van der Waals surface area contributed by atoms with Crippen molar-refractivity contribution in [1.29, 1.82) is 0 Å². The summed E-state index contributed by atoms with van der Waals surface area (Å²) in [6, 6.07) is 0. The molecule has 0 amide bonds. The molecular weight excluding hydrogens is 338 g/mol. The summed E-state index contributed by atoms with van der Waals surface area (Å²) in [5, 5.41) is 12.1. The van der Waals surface area contributed by atoms with Crippen LogP contribution in [0, 0.1) is 0 Å². The molecule has 0 spiro atoms. The van der Waals surface area contributed by atoms with Crippen LogP contribution in [0.4, 0.5) is 0 Å². The SMILES string of the molecule is CCCCCCCCCCCCCCCCCCCC(CC(=O)OC)=NO. The molecule has 0 atom stereocenters. The maximum Gasteiger partial charge on any atom is 0.311 e. The molecule has 0 aliphatic rings. The first-order valence-corrected chi connectivity index (χ1v) is 11.5. The minimum Gasteiger partial charge on any atom is -0.469 e. The highest BCUT2D eigenvalue weighted by Gasteiger charge is 2.07. The fourth-order valence-corrected chi connectivity index (χ4v) is 3.47. The average molecular weight is 384 g/mol. The highest BCUT2D eigenvalue weighted by molar-refractivity contribution is 5.98. The van der Waals surface area contributed by atoms with Crippen LogP contribution >= 0.6 is 0 Å². The highest BCUT2D eigenvalue weighted by atomic mass is 16.5. The van der Waals surface area contributed by atoms with Crippen LogP contribution in [0.25, 0.3) is 0 Å². The normalized spacial score (nSPS) is 11.7. The van der Waals surface area contributed by atoms with Crippen molar-refractivity contribution in [3.63, 3.8) is 0 Å². The summed E-state index contributed by atoms with van der Waals surface area (Å²) < 4.78 is 4.59. The number of hydrogen-bond acceptors (Lipinski definition) is 4. The molecule has 0 unspecified atom stereocenters. The Balaban J connectivity index is 3.22. The van der Waals surface area contributed by atoms with Crippen molar-refractivity contribution >= 4 is 11.7 Å². The molecule has 0 aromatic heterocycles. The van der Waals surface area contributed by atoms with Gasteiger partial charge in [0.1, 0.15) is 0 Å². The highest BCUT2D eigenvalue weighted by Crippen LogP contribution is 2.14. The fraction of sp³-hybridized carbons (Fsp3) is 0.913. The van der Waals surface area contributed by atoms with Crippen LogP contribution in [0.2, 0.25) is 0 Å². The van der Waals surface area contributed by atoms with E-state index in [0.29, 0.717) is 12.1 Å². The number of methoxy groups -OCH3 is 1. The first-order chi connectivity index (χ1) is 13.2. The fourth-order valence-electron chi connectivity index (χ4n) is 3.47. The molecule has 27 heavy (non-hydrogen) atoms. The predicted octanol–water partition coefficient (Wildman–Crippen LogP) is 7.42. The molecule has 0 aromatic rings. The van der Waals surface area contributed by atoms with Gasteiger partial charge in [0.2, 0.25) is 0 Å². The predicted molar refractivity (Wildman–Crippen MR) is 115 cm³/mol. The van der Waals surface area contributed by atoms with E-state index in [0.717, 1.165) is 12.8 Å². The lowest BCUT2D eigenvalue weighted by molar-refractivity contribution is -0.139. The summed E-state index contributed by atoms with van der Waals surface area (Å²) in [4.78, 5) is 11.1. The van der Waals surface area contributed by atoms with E-state index in [1.807, 2.05) is 0 Å². The van der Waals surface area contributed by atoms with Gasteiger partial charge in [0.15, 0.2) is 0 Å². The van der Waals surface area contributed by atoms with Crippen molar-refractivity contribution in [3.05, 3.63) is 0 Å². The minimum absolute atomic E-state index is 0.103. The van der Waals surface area contributed by atoms with Gasteiger partial charge in [-0.2, -0.15) is 0 Å². The number of esters is 1. The number of carbonyl (C=O) groups is 1. The molecule has 4 heteroatoms. The summed E-state index contributed by atoms with van der Waals surface area (Å²) in [5.74, 6) is -0.338. The van der Waals surface area contributed by atoms with Gasteiger partial charge in [-0.15, -0.1) is 0 Å². The molecule has 4 nitrogen and oxygen atoms in total. The number of rotatable bonds is 20. The number of oxime groups is 1. The van der Waals surface area contributed by atoms with Crippen LogP contribution in [0.3, 0.4) is 0 Å². The molecule has 0 saturated carbocycles. The summed E-state index contributed by atoms with van der Waals surface area (Å²) >= 11 is 0. The maximum absolute atomic E-state index is 11.1. The van der Waals surface area contributed by atoms with Crippen LogP contribution in [0.5, 0.6) is 0 Å². The zero-order valence-corrected chi connectivity index (χ0v) is 18.1. The first-order valence-electron chi connectivity index (χ1n) is 11.5. The summed E-state index contributed by atoms with van der Waals surface area (Å²) in [6.07, 6.45) is 23.7. The van der Waals surface area contributed by atoms with Gasteiger partial charge < -0.3 is 9.94 Å².